The fourth-order valence-corrected chi connectivity index (χ4v) is 4.25. The number of hydrogen-bond acceptors (Lipinski definition) is 3. The van der Waals surface area contributed by atoms with E-state index in [4.69, 9.17) is 0 Å². The molecule has 0 aromatic heterocycles. The van der Waals surface area contributed by atoms with Crippen LogP contribution < -0.4 is 5.32 Å². The van der Waals surface area contributed by atoms with E-state index in [0.29, 0.717) is 0 Å². The third-order valence-electron chi connectivity index (χ3n) is 5.60. The van der Waals surface area contributed by atoms with Gasteiger partial charge < -0.3 is 5.32 Å². The molecule has 1 saturated carbocycles. The van der Waals surface area contributed by atoms with Gasteiger partial charge in [-0.1, -0.05) is 13.3 Å². The highest BCUT2D eigenvalue weighted by Crippen LogP contribution is 2.34. The first-order valence-corrected chi connectivity index (χ1v) is 8.57. The number of nitrogens with zero attached hydrogens (tertiary/aromatic N) is 2. The van der Waals surface area contributed by atoms with Crippen LogP contribution in [0.15, 0.2) is 0 Å². The molecule has 3 rings (SSSR count). The Morgan fingerprint density at radius 1 is 0.947 bits per heavy atom. The predicted molar refractivity (Wildman–Crippen MR) is 80.5 cm³/mol. The van der Waals surface area contributed by atoms with E-state index < -0.39 is 0 Å². The first kappa shape index (κ1) is 13.8. The van der Waals surface area contributed by atoms with E-state index in [2.05, 4.69) is 22.0 Å². The van der Waals surface area contributed by atoms with E-state index in [1.165, 1.54) is 71.2 Å². The van der Waals surface area contributed by atoms with Gasteiger partial charge >= 0.3 is 0 Å². The normalized spacial score (nSPS) is 37.4. The smallest absolute Gasteiger partial charge is 0.0235 e. The first-order valence-electron chi connectivity index (χ1n) is 8.57. The fourth-order valence-electron chi connectivity index (χ4n) is 4.25. The molecular formula is C16H31N3. The summed E-state index contributed by atoms with van der Waals surface area (Å²) in [5.74, 6) is 0.931. The molecular weight excluding hydrogens is 234 g/mol. The molecule has 2 saturated heterocycles. The Labute approximate surface area is 118 Å². The number of rotatable bonds is 5. The van der Waals surface area contributed by atoms with E-state index in [-0.39, 0.29) is 0 Å². The van der Waals surface area contributed by atoms with Crippen LogP contribution >= 0.6 is 0 Å². The summed E-state index contributed by atoms with van der Waals surface area (Å²) in [6, 6.07) is 1.77. The van der Waals surface area contributed by atoms with Gasteiger partial charge in [-0.2, -0.15) is 0 Å². The average molecular weight is 265 g/mol. The van der Waals surface area contributed by atoms with Gasteiger partial charge in [0.15, 0.2) is 0 Å². The maximum Gasteiger partial charge on any atom is 0.0235 e. The molecule has 3 atom stereocenters. The molecule has 3 nitrogen and oxygen atoms in total. The van der Waals surface area contributed by atoms with E-state index in [9.17, 15) is 0 Å². The molecule has 1 N–H and O–H groups in total. The molecule has 2 aliphatic heterocycles. The Balaban J connectivity index is 1.46. The second kappa shape index (κ2) is 6.55. The topological polar surface area (TPSA) is 18.5 Å². The zero-order chi connectivity index (χ0) is 13.1. The van der Waals surface area contributed by atoms with Crippen molar-refractivity contribution >= 4 is 0 Å². The molecule has 0 radical (unpaired) electrons. The van der Waals surface area contributed by atoms with E-state index >= 15 is 0 Å². The van der Waals surface area contributed by atoms with Crippen LogP contribution in [-0.4, -0.2) is 61.2 Å². The maximum atomic E-state index is 3.54. The second-order valence-electron chi connectivity index (χ2n) is 6.75. The first-order chi connectivity index (χ1) is 9.38. The Morgan fingerprint density at radius 2 is 1.79 bits per heavy atom. The van der Waals surface area contributed by atoms with Crippen molar-refractivity contribution in [2.75, 3.05) is 39.3 Å². The summed E-state index contributed by atoms with van der Waals surface area (Å²) in [5, 5.41) is 3.54. The molecule has 2 heterocycles. The predicted octanol–water partition coefficient (Wildman–Crippen LogP) is 1.93. The molecule has 3 unspecified atom stereocenters. The molecule has 0 aromatic rings. The van der Waals surface area contributed by atoms with Crippen LogP contribution in [0.1, 0.15) is 45.4 Å². The maximum absolute atomic E-state index is 3.54. The summed E-state index contributed by atoms with van der Waals surface area (Å²) < 4.78 is 0. The molecule has 110 valence electrons. The Morgan fingerprint density at radius 3 is 2.47 bits per heavy atom. The van der Waals surface area contributed by atoms with Crippen LogP contribution in [-0.2, 0) is 0 Å². The zero-order valence-corrected chi connectivity index (χ0v) is 12.6. The molecule has 3 fully saturated rings. The molecule has 3 aliphatic rings. The lowest BCUT2D eigenvalue weighted by molar-refractivity contribution is 0.0711. The highest BCUT2D eigenvalue weighted by atomic mass is 15.3. The number of piperidine rings is 1. The summed E-state index contributed by atoms with van der Waals surface area (Å²) in [5.41, 5.74) is 0. The molecule has 0 amide bonds. The summed E-state index contributed by atoms with van der Waals surface area (Å²) in [6.45, 7) is 10.0. The minimum absolute atomic E-state index is 0.876. The summed E-state index contributed by atoms with van der Waals surface area (Å²) >= 11 is 0. The number of hydrogen-bond donors (Lipinski definition) is 1. The van der Waals surface area contributed by atoms with Crippen molar-refractivity contribution in [3.05, 3.63) is 0 Å². The van der Waals surface area contributed by atoms with Gasteiger partial charge in [0.25, 0.3) is 0 Å². The van der Waals surface area contributed by atoms with Gasteiger partial charge in [0.2, 0.25) is 0 Å². The van der Waals surface area contributed by atoms with Crippen molar-refractivity contribution in [2.45, 2.75) is 57.5 Å². The third-order valence-corrected chi connectivity index (χ3v) is 5.60. The van der Waals surface area contributed by atoms with Gasteiger partial charge in [-0.3, -0.25) is 9.80 Å². The Hall–Kier alpha value is -0.120. The minimum Gasteiger partial charge on any atom is -0.317 e. The molecule has 0 spiro atoms. The molecule has 0 aromatic carbocycles. The van der Waals surface area contributed by atoms with Crippen molar-refractivity contribution in [2.24, 2.45) is 5.92 Å². The lowest BCUT2D eigenvalue weighted by Gasteiger charge is -2.43. The SMILES string of the molecule is CCNCC1CCC1N1CCC(N2CCCCC2)C1. The van der Waals surface area contributed by atoms with Crippen molar-refractivity contribution < 1.29 is 0 Å². The van der Waals surface area contributed by atoms with Crippen molar-refractivity contribution in [3.63, 3.8) is 0 Å². The van der Waals surface area contributed by atoms with Gasteiger partial charge in [0.05, 0.1) is 0 Å². The molecule has 3 heteroatoms. The van der Waals surface area contributed by atoms with Crippen LogP contribution in [0.5, 0.6) is 0 Å². The van der Waals surface area contributed by atoms with E-state index in [0.717, 1.165) is 24.5 Å². The Bertz CT molecular complexity index is 275. The lowest BCUT2D eigenvalue weighted by atomic mass is 9.78. The van der Waals surface area contributed by atoms with Gasteiger partial charge in [0.1, 0.15) is 0 Å². The molecule has 1 aliphatic carbocycles. The van der Waals surface area contributed by atoms with Gasteiger partial charge in [-0.25, -0.2) is 0 Å². The number of nitrogens with one attached hydrogen (secondary N) is 1. The third kappa shape index (κ3) is 3.14. The van der Waals surface area contributed by atoms with E-state index in [1.807, 2.05) is 0 Å². The Kier molecular flexibility index (Phi) is 4.78. The summed E-state index contributed by atoms with van der Waals surface area (Å²) in [6.07, 6.45) is 8.64. The van der Waals surface area contributed by atoms with Crippen LogP contribution in [0, 0.1) is 5.92 Å². The van der Waals surface area contributed by atoms with Gasteiger partial charge in [-0.05, 0) is 64.2 Å². The average Bonchev–Trinajstić information content (AvgIpc) is 2.88. The highest BCUT2D eigenvalue weighted by molar-refractivity contribution is 4.95. The molecule has 19 heavy (non-hydrogen) atoms. The van der Waals surface area contributed by atoms with Crippen LogP contribution in [0.25, 0.3) is 0 Å². The number of likely N-dealkylation sites (tertiary alicyclic amines) is 2. The summed E-state index contributed by atoms with van der Waals surface area (Å²) in [4.78, 5) is 5.59. The van der Waals surface area contributed by atoms with Gasteiger partial charge in [0, 0.05) is 25.2 Å². The second-order valence-corrected chi connectivity index (χ2v) is 6.75. The fraction of sp³-hybridized carbons (Fsp3) is 1.00. The largest absolute Gasteiger partial charge is 0.317 e. The quantitative estimate of drug-likeness (QED) is 0.819. The molecule has 0 bridgehead atoms. The van der Waals surface area contributed by atoms with Crippen LogP contribution in [0.4, 0.5) is 0 Å². The standard InChI is InChI=1S/C16H31N3/c1-2-17-12-14-6-7-16(14)19-11-8-15(13-19)18-9-4-3-5-10-18/h14-17H,2-13H2,1H3. The van der Waals surface area contributed by atoms with Gasteiger partial charge in [-0.15, -0.1) is 0 Å². The lowest BCUT2D eigenvalue weighted by Crippen LogP contribution is -2.51. The monoisotopic (exact) mass is 265 g/mol. The highest BCUT2D eigenvalue weighted by Gasteiger charge is 2.39. The van der Waals surface area contributed by atoms with Crippen molar-refractivity contribution in [1.29, 1.82) is 0 Å². The zero-order valence-electron chi connectivity index (χ0n) is 12.6. The minimum atomic E-state index is 0.876. The van der Waals surface area contributed by atoms with Crippen molar-refractivity contribution in [1.82, 2.24) is 15.1 Å². The van der Waals surface area contributed by atoms with Crippen LogP contribution in [0.2, 0.25) is 0 Å². The summed E-state index contributed by atoms with van der Waals surface area (Å²) in [7, 11) is 0. The van der Waals surface area contributed by atoms with Crippen molar-refractivity contribution in [3.8, 4) is 0 Å². The van der Waals surface area contributed by atoms with Crippen LogP contribution in [0.3, 0.4) is 0 Å². The van der Waals surface area contributed by atoms with E-state index in [1.54, 1.807) is 0 Å².